The second-order valence-electron chi connectivity index (χ2n) is 9.60. The summed E-state index contributed by atoms with van der Waals surface area (Å²) in [6.07, 6.45) is 11.6. The molecular weight excluding hydrogens is 300 g/mol. The van der Waals surface area contributed by atoms with Crippen LogP contribution in [0, 0.1) is 28.6 Å². The van der Waals surface area contributed by atoms with Crippen LogP contribution in [-0.2, 0) is 9.47 Å². The van der Waals surface area contributed by atoms with Crippen LogP contribution in [0.15, 0.2) is 11.6 Å². The van der Waals surface area contributed by atoms with Crippen molar-refractivity contribution in [2.75, 3.05) is 13.2 Å². The van der Waals surface area contributed by atoms with E-state index in [1.165, 1.54) is 32.1 Å². The summed E-state index contributed by atoms with van der Waals surface area (Å²) in [4.78, 5) is 0. The lowest BCUT2D eigenvalue weighted by Crippen LogP contribution is -2.55. The Kier molecular flexibility index (Phi) is 3.35. The first kappa shape index (κ1) is 15.8. The van der Waals surface area contributed by atoms with Gasteiger partial charge in [-0.2, -0.15) is 0 Å². The molecular formula is C21H32O3. The van der Waals surface area contributed by atoms with Gasteiger partial charge in [0.15, 0.2) is 5.79 Å². The molecule has 6 atom stereocenters. The van der Waals surface area contributed by atoms with Crippen LogP contribution in [-0.4, -0.2) is 30.2 Å². The zero-order valence-corrected chi connectivity index (χ0v) is 15.2. The van der Waals surface area contributed by atoms with Crippen molar-refractivity contribution >= 4 is 0 Å². The average Bonchev–Trinajstić information content (AvgIpc) is 3.15. The van der Waals surface area contributed by atoms with Crippen molar-refractivity contribution in [3.63, 3.8) is 0 Å². The topological polar surface area (TPSA) is 38.7 Å². The van der Waals surface area contributed by atoms with Crippen LogP contribution in [0.5, 0.6) is 0 Å². The molecule has 4 fully saturated rings. The Morgan fingerprint density at radius 2 is 1.75 bits per heavy atom. The van der Waals surface area contributed by atoms with E-state index in [0.717, 1.165) is 50.2 Å². The molecule has 1 N–H and O–H groups in total. The van der Waals surface area contributed by atoms with E-state index < -0.39 is 0 Å². The fraction of sp³-hybridized carbons (Fsp3) is 0.905. The number of aliphatic hydroxyl groups excluding tert-OH is 1. The van der Waals surface area contributed by atoms with Crippen molar-refractivity contribution in [2.24, 2.45) is 28.6 Å². The van der Waals surface area contributed by atoms with E-state index >= 15 is 0 Å². The molecule has 3 saturated carbocycles. The predicted octanol–water partition coefficient (Wildman–Crippen LogP) is 4.05. The van der Waals surface area contributed by atoms with Crippen molar-refractivity contribution < 1.29 is 14.6 Å². The second kappa shape index (κ2) is 5.08. The van der Waals surface area contributed by atoms with Crippen molar-refractivity contribution in [3.8, 4) is 0 Å². The fourth-order valence-corrected chi connectivity index (χ4v) is 7.53. The van der Waals surface area contributed by atoms with Gasteiger partial charge in [-0.15, -0.1) is 0 Å². The minimum Gasteiger partial charge on any atom is -0.393 e. The third-order valence-electron chi connectivity index (χ3n) is 8.88. The fourth-order valence-electron chi connectivity index (χ4n) is 7.53. The van der Waals surface area contributed by atoms with Gasteiger partial charge < -0.3 is 14.6 Å². The van der Waals surface area contributed by atoms with Crippen molar-refractivity contribution in [2.45, 2.75) is 77.1 Å². The molecule has 5 aliphatic rings. The molecule has 3 heteroatoms. The summed E-state index contributed by atoms with van der Waals surface area (Å²) in [6, 6.07) is 0. The minimum absolute atomic E-state index is 0.107. The highest BCUT2D eigenvalue weighted by Crippen LogP contribution is 2.68. The summed E-state index contributed by atoms with van der Waals surface area (Å²) in [7, 11) is 0. The number of aliphatic hydroxyl groups is 1. The molecule has 5 rings (SSSR count). The van der Waals surface area contributed by atoms with Gasteiger partial charge in [-0.1, -0.05) is 25.5 Å². The van der Waals surface area contributed by atoms with Crippen LogP contribution in [0.25, 0.3) is 0 Å². The molecule has 0 aromatic rings. The summed E-state index contributed by atoms with van der Waals surface area (Å²) in [6.45, 7) is 6.50. The summed E-state index contributed by atoms with van der Waals surface area (Å²) in [5, 5.41) is 10.1. The Morgan fingerprint density at radius 1 is 1.00 bits per heavy atom. The summed E-state index contributed by atoms with van der Waals surface area (Å²) in [5.41, 5.74) is 2.09. The summed E-state index contributed by atoms with van der Waals surface area (Å²) in [5.74, 6) is 2.02. The Bertz CT molecular complexity index is 563. The monoisotopic (exact) mass is 332 g/mol. The zero-order chi connectivity index (χ0) is 16.6. The lowest BCUT2D eigenvalue weighted by atomic mass is 9.47. The highest BCUT2D eigenvalue weighted by Gasteiger charge is 2.66. The molecule has 1 saturated heterocycles. The normalized spacial score (nSPS) is 52.5. The Balaban J connectivity index is 1.49. The van der Waals surface area contributed by atoms with Gasteiger partial charge in [0.05, 0.1) is 19.3 Å². The summed E-state index contributed by atoms with van der Waals surface area (Å²) >= 11 is 0. The maximum atomic E-state index is 10.1. The van der Waals surface area contributed by atoms with Crippen LogP contribution < -0.4 is 0 Å². The van der Waals surface area contributed by atoms with Gasteiger partial charge in [-0.25, -0.2) is 0 Å². The quantitative estimate of drug-likeness (QED) is 0.680. The van der Waals surface area contributed by atoms with E-state index in [9.17, 15) is 5.11 Å². The summed E-state index contributed by atoms with van der Waals surface area (Å²) < 4.78 is 12.5. The highest BCUT2D eigenvalue weighted by atomic mass is 16.7. The molecule has 1 aliphatic heterocycles. The van der Waals surface area contributed by atoms with Crippen molar-refractivity contribution in [1.29, 1.82) is 0 Å². The first-order valence-corrected chi connectivity index (χ1v) is 10.1. The first-order chi connectivity index (χ1) is 11.5. The van der Waals surface area contributed by atoms with Gasteiger partial charge >= 0.3 is 0 Å². The maximum absolute atomic E-state index is 10.1. The van der Waals surface area contributed by atoms with Crippen molar-refractivity contribution in [1.82, 2.24) is 0 Å². The standard InChI is InChI=1S/C21H32O3/c1-19-8-5-15(22)13-14(19)3-4-16-17(19)6-9-20(2)18(16)7-10-21(20)23-11-12-24-21/h3,15-18,22H,4-13H2,1-2H3/t15-,16-,17+,18+,19-,20-/m0/s1. The SMILES string of the molecule is C[C@]12CC[C@H](O)CC1=CC[C@H]1[C@H]2CC[C@@]2(C)[C@@H]1CCC21OCCO1. The van der Waals surface area contributed by atoms with E-state index in [1.54, 1.807) is 5.57 Å². The molecule has 1 heterocycles. The van der Waals surface area contributed by atoms with Crippen LogP contribution >= 0.6 is 0 Å². The Hall–Kier alpha value is -0.380. The molecule has 0 amide bonds. The number of rotatable bonds is 0. The molecule has 134 valence electrons. The van der Waals surface area contributed by atoms with Gasteiger partial charge in [0.1, 0.15) is 0 Å². The number of ether oxygens (including phenoxy) is 2. The molecule has 4 aliphatic carbocycles. The van der Waals surface area contributed by atoms with Gasteiger partial charge in [-0.05, 0) is 68.1 Å². The van der Waals surface area contributed by atoms with Crippen LogP contribution in [0.1, 0.15) is 65.2 Å². The zero-order valence-electron chi connectivity index (χ0n) is 15.2. The maximum Gasteiger partial charge on any atom is 0.174 e. The van der Waals surface area contributed by atoms with Crippen LogP contribution in [0.2, 0.25) is 0 Å². The lowest BCUT2D eigenvalue weighted by Gasteiger charge is -2.58. The van der Waals surface area contributed by atoms with Gasteiger partial charge in [0.25, 0.3) is 0 Å². The third-order valence-corrected chi connectivity index (χ3v) is 8.88. The molecule has 0 radical (unpaired) electrons. The Morgan fingerprint density at radius 3 is 2.54 bits per heavy atom. The van der Waals surface area contributed by atoms with Gasteiger partial charge in [-0.3, -0.25) is 0 Å². The Labute approximate surface area is 145 Å². The number of fused-ring (bicyclic) bond motifs is 6. The number of hydrogen-bond donors (Lipinski definition) is 1. The molecule has 3 nitrogen and oxygen atoms in total. The molecule has 24 heavy (non-hydrogen) atoms. The molecule has 0 aromatic carbocycles. The van der Waals surface area contributed by atoms with E-state index in [0.29, 0.717) is 5.41 Å². The number of allylic oxidation sites excluding steroid dienone is 1. The van der Waals surface area contributed by atoms with Gasteiger partial charge in [0, 0.05) is 11.8 Å². The third kappa shape index (κ3) is 1.84. The molecule has 0 unspecified atom stereocenters. The largest absolute Gasteiger partial charge is 0.393 e. The van der Waals surface area contributed by atoms with E-state index in [1.807, 2.05) is 0 Å². The molecule has 0 bridgehead atoms. The smallest absolute Gasteiger partial charge is 0.174 e. The highest BCUT2D eigenvalue weighted by molar-refractivity contribution is 5.26. The minimum atomic E-state index is -0.281. The predicted molar refractivity (Wildman–Crippen MR) is 92.3 cm³/mol. The number of hydrogen-bond acceptors (Lipinski definition) is 3. The average molecular weight is 332 g/mol. The van der Waals surface area contributed by atoms with Gasteiger partial charge in [0.2, 0.25) is 0 Å². The van der Waals surface area contributed by atoms with E-state index in [2.05, 4.69) is 19.9 Å². The van der Waals surface area contributed by atoms with Crippen molar-refractivity contribution in [3.05, 3.63) is 11.6 Å². The van der Waals surface area contributed by atoms with Crippen LogP contribution in [0.4, 0.5) is 0 Å². The molecule has 1 spiro atoms. The van der Waals surface area contributed by atoms with E-state index in [-0.39, 0.29) is 17.3 Å². The lowest BCUT2D eigenvalue weighted by molar-refractivity contribution is -0.242. The first-order valence-electron chi connectivity index (χ1n) is 10.1. The van der Waals surface area contributed by atoms with Crippen LogP contribution in [0.3, 0.4) is 0 Å². The second-order valence-corrected chi connectivity index (χ2v) is 9.60. The molecule has 0 aromatic heterocycles. The van der Waals surface area contributed by atoms with E-state index in [4.69, 9.17) is 9.47 Å².